The maximum absolute atomic E-state index is 10.3. The number of phenols is 1. The van der Waals surface area contributed by atoms with Gasteiger partial charge >= 0.3 is 8.60 Å². The van der Waals surface area contributed by atoms with Gasteiger partial charge < -0.3 is 5.11 Å². The molecule has 0 amide bonds. The maximum atomic E-state index is 10.3. The van der Waals surface area contributed by atoms with E-state index in [-0.39, 0.29) is 5.75 Å². The van der Waals surface area contributed by atoms with Gasteiger partial charge in [0.1, 0.15) is 5.75 Å². The highest BCUT2D eigenvalue weighted by Crippen LogP contribution is 2.52. The highest BCUT2D eigenvalue weighted by molar-refractivity contribution is 7.43. The van der Waals surface area contributed by atoms with Crippen LogP contribution in [0, 0.1) is 0 Å². The number of benzene rings is 4. The van der Waals surface area contributed by atoms with Crippen molar-refractivity contribution < 1.29 is 18.7 Å². The second kappa shape index (κ2) is 7.50. The summed E-state index contributed by atoms with van der Waals surface area (Å²) in [5.74, 6) is 2.25. The Hall–Kier alpha value is -3.49. The SMILES string of the molecule is Oc1ccccc1-c1ccccc1O[PH+]1Oc2ccccc2-c2ccccc2O1. The largest absolute Gasteiger partial charge is 0.528 e. The molecule has 1 N–H and O–H groups in total. The van der Waals surface area contributed by atoms with Crippen molar-refractivity contribution in [3.63, 3.8) is 0 Å². The minimum atomic E-state index is -2.18. The predicted molar refractivity (Wildman–Crippen MR) is 116 cm³/mol. The minimum Gasteiger partial charge on any atom is -0.507 e. The smallest absolute Gasteiger partial charge is 0.507 e. The summed E-state index contributed by atoms with van der Waals surface area (Å²) >= 11 is 0. The maximum Gasteiger partial charge on any atom is 0.528 e. The van der Waals surface area contributed by atoms with Gasteiger partial charge in [-0.15, -0.1) is 0 Å². The second-order valence-electron chi connectivity index (χ2n) is 6.56. The van der Waals surface area contributed by atoms with Gasteiger partial charge in [-0.25, -0.2) is 0 Å². The zero-order valence-electron chi connectivity index (χ0n) is 15.4. The van der Waals surface area contributed by atoms with Gasteiger partial charge in [0.15, 0.2) is 17.2 Å². The first-order valence-electron chi connectivity index (χ1n) is 9.26. The van der Waals surface area contributed by atoms with Gasteiger partial charge in [0.25, 0.3) is 0 Å². The predicted octanol–water partition coefficient (Wildman–Crippen LogP) is 6.54. The van der Waals surface area contributed by atoms with Gasteiger partial charge in [0.05, 0.1) is 0 Å². The van der Waals surface area contributed by atoms with E-state index in [0.29, 0.717) is 11.3 Å². The summed E-state index contributed by atoms with van der Waals surface area (Å²) in [6.07, 6.45) is 0. The fourth-order valence-corrected chi connectivity index (χ4v) is 4.57. The van der Waals surface area contributed by atoms with Crippen LogP contribution in [0.3, 0.4) is 0 Å². The summed E-state index contributed by atoms with van der Waals surface area (Å²) < 4.78 is 18.6. The zero-order valence-corrected chi connectivity index (χ0v) is 16.4. The van der Waals surface area contributed by atoms with Gasteiger partial charge in [-0.1, -0.05) is 72.8 Å². The molecule has 0 spiro atoms. The normalized spacial score (nSPS) is 12.7. The van der Waals surface area contributed by atoms with E-state index in [4.69, 9.17) is 13.6 Å². The van der Waals surface area contributed by atoms with E-state index in [2.05, 4.69) is 0 Å². The first-order valence-corrected chi connectivity index (χ1v) is 10.5. The Bertz CT molecular complexity index is 1130. The van der Waals surface area contributed by atoms with Crippen LogP contribution in [-0.2, 0) is 0 Å². The molecule has 0 atom stereocenters. The van der Waals surface area contributed by atoms with E-state index in [1.165, 1.54) is 0 Å². The fraction of sp³-hybridized carbons (Fsp3) is 0. The minimum absolute atomic E-state index is 0.194. The first kappa shape index (κ1) is 17.6. The van der Waals surface area contributed by atoms with Crippen LogP contribution < -0.4 is 13.6 Å². The number of hydrogen-bond acceptors (Lipinski definition) is 4. The van der Waals surface area contributed by atoms with E-state index in [1.54, 1.807) is 12.1 Å². The Balaban J connectivity index is 1.54. The lowest BCUT2D eigenvalue weighted by Gasteiger charge is -2.12. The molecule has 0 unspecified atom stereocenters. The quantitative estimate of drug-likeness (QED) is 0.396. The van der Waals surface area contributed by atoms with Crippen LogP contribution in [-0.4, -0.2) is 5.11 Å². The van der Waals surface area contributed by atoms with Gasteiger partial charge in [-0.05, 0) is 24.3 Å². The van der Waals surface area contributed by atoms with Crippen LogP contribution in [0.5, 0.6) is 23.0 Å². The molecular weight excluding hydrogens is 383 g/mol. The van der Waals surface area contributed by atoms with Crippen molar-refractivity contribution >= 4 is 8.60 Å². The third-order valence-corrected chi connectivity index (χ3v) is 5.89. The fourth-order valence-electron chi connectivity index (χ4n) is 3.37. The Morgan fingerprint density at radius 3 is 1.66 bits per heavy atom. The topological polar surface area (TPSA) is 47.9 Å². The van der Waals surface area contributed by atoms with E-state index in [0.717, 1.165) is 28.2 Å². The van der Waals surface area contributed by atoms with Crippen molar-refractivity contribution in [2.24, 2.45) is 0 Å². The molecule has 142 valence electrons. The lowest BCUT2D eigenvalue weighted by atomic mass is 10.0. The van der Waals surface area contributed by atoms with Crippen LogP contribution in [0.2, 0.25) is 0 Å². The monoisotopic (exact) mass is 401 g/mol. The molecule has 0 bridgehead atoms. The van der Waals surface area contributed by atoms with Crippen molar-refractivity contribution in [1.29, 1.82) is 0 Å². The molecule has 0 saturated carbocycles. The standard InChI is InChI=1S/C24H17O4P/c25-21-13-5-1-9-17(21)18-10-2-6-14-22(18)26-29-27-23-15-7-3-11-19(23)20-12-4-8-16-24(20)28-29/h1-16,29H/p+1. The van der Waals surface area contributed by atoms with Crippen molar-refractivity contribution in [2.45, 2.75) is 0 Å². The highest BCUT2D eigenvalue weighted by Gasteiger charge is 2.33. The average Bonchev–Trinajstić information content (AvgIpc) is 2.91. The molecule has 0 fully saturated rings. The molecule has 0 saturated heterocycles. The van der Waals surface area contributed by atoms with Crippen LogP contribution in [0.4, 0.5) is 0 Å². The van der Waals surface area contributed by atoms with E-state index in [1.807, 2.05) is 84.9 Å². The molecule has 0 aliphatic carbocycles. The molecule has 4 aromatic carbocycles. The summed E-state index contributed by atoms with van der Waals surface area (Å²) in [5, 5.41) is 10.3. The summed E-state index contributed by atoms with van der Waals surface area (Å²) in [4.78, 5) is 0. The summed E-state index contributed by atoms with van der Waals surface area (Å²) in [6.45, 7) is 0. The van der Waals surface area contributed by atoms with Crippen LogP contribution >= 0.6 is 8.60 Å². The number of aromatic hydroxyl groups is 1. The van der Waals surface area contributed by atoms with Crippen LogP contribution in [0.25, 0.3) is 22.3 Å². The number of phenolic OH excluding ortho intramolecular Hbond substituents is 1. The molecule has 5 rings (SSSR count). The number of rotatable bonds is 3. The summed E-state index contributed by atoms with van der Waals surface area (Å²) in [7, 11) is -2.18. The average molecular weight is 401 g/mol. The van der Waals surface area contributed by atoms with Crippen molar-refractivity contribution in [3.8, 4) is 45.3 Å². The molecule has 1 aliphatic heterocycles. The summed E-state index contributed by atoms with van der Waals surface area (Å²) in [5.41, 5.74) is 3.42. The lowest BCUT2D eigenvalue weighted by molar-refractivity contribution is 0.394. The van der Waals surface area contributed by atoms with E-state index >= 15 is 0 Å². The lowest BCUT2D eigenvalue weighted by Crippen LogP contribution is -2.01. The van der Waals surface area contributed by atoms with Gasteiger partial charge in [-0.2, -0.15) is 0 Å². The Morgan fingerprint density at radius 1 is 0.552 bits per heavy atom. The highest BCUT2D eigenvalue weighted by atomic mass is 31.2. The number of hydrogen-bond donors (Lipinski definition) is 1. The van der Waals surface area contributed by atoms with E-state index < -0.39 is 8.60 Å². The van der Waals surface area contributed by atoms with Gasteiger partial charge in [-0.3, -0.25) is 13.6 Å². The van der Waals surface area contributed by atoms with Gasteiger partial charge in [0, 0.05) is 22.3 Å². The molecule has 1 aliphatic rings. The van der Waals surface area contributed by atoms with Crippen molar-refractivity contribution in [2.75, 3.05) is 0 Å². The summed E-state index contributed by atoms with van der Waals surface area (Å²) in [6, 6.07) is 30.4. The molecule has 5 heteroatoms. The molecule has 0 radical (unpaired) electrons. The van der Waals surface area contributed by atoms with E-state index in [9.17, 15) is 5.11 Å². The molecule has 4 nitrogen and oxygen atoms in total. The van der Waals surface area contributed by atoms with Crippen molar-refractivity contribution in [1.82, 2.24) is 0 Å². The van der Waals surface area contributed by atoms with Crippen LogP contribution in [0.15, 0.2) is 97.1 Å². The van der Waals surface area contributed by atoms with Crippen LogP contribution in [0.1, 0.15) is 0 Å². The van der Waals surface area contributed by atoms with Gasteiger partial charge in [0.2, 0.25) is 0 Å². The van der Waals surface area contributed by atoms with Crippen molar-refractivity contribution in [3.05, 3.63) is 97.1 Å². The molecular formula is C24H18O4P+. The second-order valence-corrected chi connectivity index (χ2v) is 7.67. The molecule has 4 aromatic rings. The Kier molecular flexibility index (Phi) is 4.55. The molecule has 29 heavy (non-hydrogen) atoms. The molecule has 0 aromatic heterocycles. The number of para-hydroxylation sites is 4. The Morgan fingerprint density at radius 2 is 1.03 bits per heavy atom. The Labute approximate surface area is 169 Å². The third-order valence-electron chi connectivity index (χ3n) is 4.73. The number of fused-ring (bicyclic) bond motifs is 3. The zero-order chi connectivity index (χ0) is 19.6. The molecule has 1 heterocycles. The third kappa shape index (κ3) is 3.39. The first-order chi connectivity index (χ1) is 14.3.